The van der Waals surface area contributed by atoms with Crippen LogP contribution in [0.1, 0.15) is 45.7 Å². The summed E-state index contributed by atoms with van der Waals surface area (Å²) in [6.45, 7) is 5.99. The number of fused-ring (bicyclic) bond motifs is 3. The number of phenols is 1. The third-order valence-corrected chi connectivity index (χ3v) is 7.53. The second-order valence-electron chi connectivity index (χ2n) is 8.24. The molecular formula is C25H21ClN4O3S. The number of aliphatic carboxylic acids is 1. The Morgan fingerprint density at radius 1 is 1.09 bits per heavy atom. The summed E-state index contributed by atoms with van der Waals surface area (Å²) >= 11 is 7.96. The van der Waals surface area contributed by atoms with Gasteiger partial charge >= 0.3 is 5.97 Å². The summed E-state index contributed by atoms with van der Waals surface area (Å²) in [5.41, 5.74) is 5.37. The van der Waals surface area contributed by atoms with Gasteiger partial charge in [0.15, 0.2) is 5.82 Å². The van der Waals surface area contributed by atoms with Crippen molar-refractivity contribution in [3.8, 4) is 21.9 Å². The highest BCUT2D eigenvalue weighted by molar-refractivity contribution is 7.15. The minimum absolute atomic E-state index is 0.112. The van der Waals surface area contributed by atoms with Crippen molar-refractivity contribution in [1.82, 2.24) is 14.8 Å². The van der Waals surface area contributed by atoms with Gasteiger partial charge in [-0.3, -0.25) is 14.4 Å². The number of hydrogen-bond acceptors (Lipinski definition) is 6. The fourth-order valence-corrected chi connectivity index (χ4v) is 5.73. The molecule has 1 aliphatic heterocycles. The Morgan fingerprint density at radius 3 is 2.47 bits per heavy atom. The highest BCUT2D eigenvalue weighted by Gasteiger charge is 2.32. The van der Waals surface area contributed by atoms with Gasteiger partial charge in [0, 0.05) is 21.6 Å². The van der Waals surface area contributed by atoms with Gasteiger partial charge in [-0.05, 0) is 50.1 Å². The van der Waals surface area contributed by atoms with E-state index in [-0.39, 0.29) is 12.2 Å². The van der Waals surface area contributed by atoms with E-state index in [1.807, 2.05) is 35.8 Å². The zero-order chi connectivity index (χ0) is 24.1. The van der Waals surface area contributed by atoms with Crippen LogP contribution in [0.15, 0.2) is 47.5 Å². The number of aromatic hydroxyl groups is 1. The third kappa shape index (κ3) is 3.69. The molecule has 34 heavy (non-hydrogen) atoms. The molecule has 0 fully saturated rings. The third-order valence-electron chi connectivity index (χ3n) is 6.03. The quantitative estimate of drug-likeness (QED) is 0.383. The van der Waals surface area contributed by atoms with E-state index in [0.29, 0.717) is 16.7 Å². The Balaban J connectivity index is 1.68. The Kier molecular flexibility index (Phi) is 5.50. The van der Waals surface area contributed by atoms with Crippen molar-refractivity contribution in [2.75, 3.05) is 0 Å². The molecule has 3 heterocycles. The molecule has 0 saturated carbocycles. The second kappa shape index (κ2) is 8.38. The van der Waals surface area contributed by atoms with Gasteiger partial charge in [-0.25, -0.2) is 0 Å². The molecule has 2 aromatic heterocycles. The van der Waals surface area contributed by atoms with Gasteiger partial charge in [0.25, 0.3) is 0 Å². The molecule has 0 radical (unpaired) electrons. The van der Waals surface area contributed by atoms with E-state index >= 15 is 0 Å². The van der Waals surface area contributed by atoms with Crippen molar-refractivity contribution in [3.63, 3.8) is 0 Å². The number of benzene rings is 2. The van der Waals surface area contributed by atoms with E-state index in [0.717, 1.165) is 43.4 Å². The maximum absolute atomic E-state index is 11.7. The molecule has 0 amide bonds. The number of rotatable bonds is 4. The van der Waals surface area contributed by atoms with E-state index < -0.39 is 12.0 Å². The minimum atomic E-state index is -0.948. The lowest BCUT2D eigenvalue weighted by molar-refractivity contribution is -0.137. The number of phenolic OH excluding ortho intramolecular Hbond substituents is 1. The van der Waals surface area contributed by atoms with Crippen molar-refractivity contribution >= 4 is 34.6 Å². The summed E-state index contributed by atoms with van der Waals surface area (Å²) in [5.74, 6) is 0.392. The van der Waals surface area contributed by atoms with Crippen molar-refractivity contribution < 1.29 is 15.0 Å². The average molecular weight is 493 g/mol. The smallest absolute Gasteiger partial charge is 0.306 e. The topological polar surface area (TPSA) is 101 Å². The maximum atomic E-state index is 11.7. The highest BCUT2D eigenvalue weighted by atomic mass is 35.5. The van der Waals surface area contributed by atoms with Gasteiger partial charge in [-0.15, -0.1) is 21.5 Å². The van der Waals surface area contributed by atoms with Crippen molar-refractivity contribution in [2.45, 2.75) is 33.2 Å². The van der Waals surface area contributed by atoms with Crippen LogP contribution < -0.4 is 0 Å². The maximum Gasteiger partial charge on any atom is 0.306 e. The Bertz CT molecular complexity index is 1470. The normalized spacial score (nSPS) is 14.8. The van der Waals surface area contributed by atoms with Gasteiger partial charge < -0.3 is 10.2 Å². The molecule has 1 atom stereocenters. The Morgan fingerprint density at radius 2 is 1.79 bits per heavy atom. The molecule has 2 N–H and O–H groups in total. The van der Waals surface area contributed by atoms with E-state index in [9.17, 15) is 15.0 Å². The van der Waals surface area contributed by atoms with Crippen molar-refractivity contribution in [2.24, 2.45) is 4.99 Å². The molecule has 0 spiro atoms. The zero-order valence-corrected chi connectivity index (χ0v) is 20.3. The van der Waals surface area contributed by atoms with Crippen LogP contribution in [0.5, 0.6) is 5.75 Å². The number of carbonyl (C=O) groups is 1. The first-order valence-corrected chi connectivity index (χ1v) is 11.9. The van der Waals surface area contributed by atoms with E-state index in [4.69, 9.17) is 16.6 Å². The summed E-state index contributed by atoms with van der Waals surface area (Å²) in [7, 11) is 0. The van der Waals surface area contributed by atoms with Gasteiger partial charge in [0.2, 0.25) is 0 Å². The molecule has 0 unspecified atom stereocenters. The molecule has 0 saturated heterocycles. The predicted octanol–water partition coefficient (Wildman–Crippen LogP) is 5.65. The van der Waals surface area contributed by atoms with Crippen LogP contribution in [-0.4, -0.2) is 36.7 Å². The number of carboxylic acid groups (broad SMARTS) is 1. The molecule has 172 valence electrons. The highest BCUT2D eigenvalue weighted by Crippen LogP contribution is 2.40. The first-order chi connectivity index (χ1) is 16.2. The first kappa shape index (κ1) is 22.3. The fourth-order valence-electron chi connectivity index (χ4n) is 4.24. The SMILES string of the molecule is Cc1sc2c(c1C)C(c1ccc(-c3ccc(O)cc3Cl)cc1)=N[C@@H](CC(=O)O)c1nnc(C)n1-2. The Hall–Kier alpha value is -3.49. The number of aryl methyl sites for hydroxylation is 2. The lowest BCUT2D eigenvalue weighted by atomic mass is 9.97. The summed E-state index contributed by atoms with van der Waals surface area (Å²) in [6.07, 6.45) is -0.185. The second-order valence-corrected chi connectivity index (χ2v) is 9.85. The number of carboxylic acids is 1. The molecule has 2 aromatic carbocycles. The van der Waals surface area contributed by atoms with Crippen molar-refractivity contribution in [1.29, 1.82) is 0 Å². The van der Waals surface area contributed by atoms with Crippen LogP contribution in [0.2, 0.25) is 5.02 Å². The molecule has 4 aromatic rings. The van der Waals surface area contributed by atoms with E-state index in [1.165, 1.54) is 6.07 Å². The van der Waals surface area contributed by atoms with Crippen molar-refractivity contribution in [3.05, 3.63) is 80.7 Å². The predicted molar refractivity (Wildman–Crippen MR) is 133 cm³/mol. The largest absolute Gasteiger partial charge is 0.508 e. The number of nitrogens with zero attached hydrogens (tertiary/aromatic N) is 4. The lowest BCUT2D eigenvalue weighted by Gasteiger charge is -2.12. The van der Waals surface area contributed by atoms with Crippen LogP contribution in [0.4, 0.5) is 0 Å². The summed E-state index contributed by atoms with van der Waals surface area (Å²) in [5, 5.41) is 29.2. The zero-order valence-electron chi connectivity index (χ0n) is 18.7. The van der Waals surface area contributed by atoms with E-state index in [2.05, 4.69) is 24.0 Å². The number of aliphatic imine (C=N–C) groups is 1. The van der Waals surface area contributed by atoms with Crippen LogP contribution in [-0.2, 0) is 4.79 Å². The molecule has 0 bridgehead atoms. The van der Waals surface area contributed by atoms with Gasteiger partial charge in [-0.2, -0.15) is 0 Å². The van der Waals surface area contributed by atoms with Crippen LogP contribution in [0.25, 0.3) is 16.1 Å². The van der Waals surface area contributed by atoms with Crippen LogP contribution >= 0.6 is 22.9 Å². The first-order valence-electron chi connectivity index (χ1n) is 10.7. The molecule has 7 nitrogen and oxygen atoms in total. The molecule has 9 heteroatoms. The number of halogens is 1. The van der Waals surface area contributed by atoms with Crippen LogP contribution in [0.3, 0.4) is 0 Å². The van der Waals surface area contributed by atoms with E-state index in [1.54, 1.807) is 23.5 Å². The standard InChI is InChI=1S/C25H21ClN4O3S/c1-12-13(2)34-25-22(12)23(27-20(11-21(32)33)24-29-28-14(3)30(24)25)16-6-4-15(5-7-16)18-9-8-17(31)10-19(18)26/h4-10,20,31H,11H2,1-3H3,(H,32,33)/t20-/m0/s1. The fraction of sp³-hybridized carbons (Fsp3) is 0.200. The van der Waals surface area contributed by atoms with Gasteiger partial charge in [-0.1, -0.05) is 35.9 Å². The Labute approximate surface area is 205 Å². The summed E-state index contributed by atoms with van der Waals surface area (Å²) in [4.78, 5) is 17.8. The monoisotopic (exact) mass is 492 g/mol. The molecule has 1 aliphatic rings. The molecule has 0 aliphatic carbocycles. The lowest BCUT2D eigenvalue weighted by Crippen LogP contribution is -2.10. The summed E-state index contributed by atoms with van der Waals surface area (Å²) in [6, 6.07) is 12.0. The average Bonchev–Trinajstić information content (AvgIpc) is 3.26. The molecule has 5 rings (SSSR count). The molecular weight excluding hydrogens is 472 g/mol. The van der Waals surface area contributed by atoms with Gasteiger partial charge in [0.05, 0.1) is 17.2 Å². The summed E-state index contributed by atoms with van der Waals surface area (Å²) < 4.78 is 1.94. The van der Waals surface area contributed by atoms with Crippen LogP contribution in [0, 0.1) is 20.8 Å². The number of aromatic nitrogens is 3. The number of thiophene rings is 1. The number of hydrogen-bond donors (Lipinski definition) is 2. The van der Waals surface area contributed by atoms with Gasteiger partial charge in [0.1, 0.15) is 22.6 Å². The minimum Gasteiger partial charge on any atom is -0.508 e.